The van der Waals surface area contributed by atoms with E-state index in [4.69, 9.17) is 0 Å². The Morgan fingerprint density at radius 2 is 2.07 bits per heavy atom. The molecule has 0 unspecified atom stereocenters. The van der Waals surface area contributed by atoms with Crippen LogP contribution in [0.5, 0.6) is 0 Å². The second-order valence-corrected chi connectivity index (χ2v) is 7.33. The summed E-state index contributed by atoms with van der Waals surface area (Å²) in [6, 6.07) is 5.73. The SMILES string of the molecule is Cc1ccc(N2C=C(C3(Nc4nccc(N5CCNC5=O)n4)CC3)NC2)cn1. The summed E-state index contributed by atoms with van der Waals surface area (Å²) in [5, 5.41) is 9.76. The fourth-order valence-electron chi connectivity index (χ4n) is 3.56. The van der Waals surface area contributed by atoms with Gasteiger partial charge in [-0.15, -0.1) is 0 Å². The molecule has 9 heteroatoms. The van der Waals surface area contributed by atoms with E-state index in [1.807, 2.05) is 19.2 Å². The number of hydrogen-bond acceptors (Lipinski definition) is 7. The first-order valence-corrected chi connectivity index (χ1v) is 9.45. The zero-order valence-electron chi connectivity index (χ0n) is 15.6. The van der Waals surface area contributed by atoms with Gasteiger partial charge < -0.3 is 20.9 Å². The summed E-state index contributed by atoms with van der Waals surface area (Å²) in [6.07, 6.45) is 7.71. The van der Waals surface area contributed by atoms with Gasteiger partial charge in [-0.2, -0.15) is 4.98 Å². The molecule has 0 spiro atoms. The largest absolute Gasteiger partial charge is 0.368 e. The number of nitrogens with one attached hydrogen (secondary N) is 3. The van der Waals surface area contributed by atoms with E-state index < -0.39 is 0 Å². The van der Waals surface area contributed by atoms with Gasteiger partial charge in [-0.05, 0) is 38.0 Å². The van der Waals surface area contributed by atoms with E-state index in [2.05, 4.69) is 48.1 Å². The summed E-state index contributed by atoms with van der Waals surface area (Å²) in [4.78, 5) is 29.0. The lowest BCUT2D eigenvalue weighted by molar-refractivity contribution is 0.252. The van der Waals surface area contributed by atoms with Crippen molar-refractivity contribution >= 4 is 23.5 Å². The van der Waals surface area contributed by atoms with Crippen molar-refractivity contribution in [3.63, 3.8) is 0 Å². The molecule has 4 heterocycles. The van der Waals surface area contributed by atoms with E-state index in [9.17, 15) is 4.79 Å². The maximum absolute atomic E-state index is 11.9. The van der Waals surface area contributed by atoms with Crippen molar-refractivity contribution in [2.75, 3.05) is 34.9 Å². The molecule has 1 saturated carbocycles. The summed E-state index contributed by atoms with van der Waals surface area (Å²) in [7, 11) is 0. The van der Waals surface area contributed by atoms with Crippen LogP contribution in [0.25, 0.3) is 0 Å². The Balaban J connectivity index is 1.34. The molecule has 0 atom stereocenters. The quantitative estimate of drug-likeness (QED) is 0.726. The first-order valence-electron chi connectivity index (χ1n) is 9.45. The second kappa shape index (κ2) is 6.36. The van der Waals surface area contributed by atoms with Gasteiger partial charge >= 0.3 is 6.03 Å². The van der Waals surface area contributed by atoms with Crippen LogP contribution in [0.4, 0.5) is 22.2 Å². The third-order valence-electron chi connectivity index (χ3n) is 5.34. The molecule has 0 radical (unpaired) electrons. The monoisotopic (exact) mass is 378 g/mol. The minimum Gasteiger partial charge on any atom is -0.368 e. The second-order valence-electron chi connectivity index (χ2n) is 7.33. The summed E-state index contributed by atoms with van der Waals surface area (Å²) in [5.41, 5.74) is 3.01. The average molecular weight is 378 g/mol. The minimum atomic E-state index is -0.182. The van der Waals surface area contributed by atoms with Crippen LogP contribution in [0, 0.1) is 6.92 Å². The van der Waals surface area contributed by atoms with Crippen molar-refractivity contribution in [2.24, 2.45) is 0 Å². The molecule has 5 rings (SSSR count). The Morgan fingerprint density at radius 1 is 1.18 bits per heavy atom. The van der Waals surface area contributed by atoms with Gasteiger partial charge in [-0.1, -0.05) is 0 Å². The van der Waals surface area contributed by atoms with E-state index in [0.717, 1.165) is 29.9 Å². The minimum absolute atomic E-state index is 0.117. The van der Waals surface area contributed by atoms with Crippen LogP contribution in [0.15, 0.2) is 42.5 Å². The van der Waals surface area contributed by atoms with Crippen LogP contribution < -0.4 is 25.8 Å². The van der Waals surface area contributed by atoms with E-state index >= 15 is 0 Å². The fraction of sp³-hybridized carbons (Fsp3) is 0.368. The van der Waals surface area contributed by atoms with Crippen molar-refractivity contribution < 1.29 is 4.79 Å². The van der Waals surface area contributed by atoms with Crippen molar-refractivity contribution in [3.05, 3.63) is 48.2 Å². The molecule has 3 N–H and O–H groups in total. The molecule has 28 heavy (non-hydrogen) atoms. The number of carbonyl (C=O) groups excluding carboxylic acids is 1. The van der Waals surface area contributed by atoms with Crippen LogP contribution in [-0.4, -0.2) is 46.3 Å². The number of amides is 2. The number of rotatable bonds is 5. The Morgan fingerprint density at radius 3 is 2.79 bits per heavy atom. The summed E-state index contributed by atoms with van der Waals surface area (Å²) < 4.78 is 0. The molecule has 0 bridgehead atoms. The molecule has 1 aliphatic carbocycles. The Kier molecular flexibility index (Phi) is 3.81. The fourth-order valence-corrected chi connectivity index (χ4v) is 3.56. The predicted octanol–water partition coefficient (Wildman–Crippen LogP) is 1.56. The number of nitrogens with zero attached hydrogens (tertiary/aromatic N) is 5. The average Bonchev–Trinajstić information content (AvgIpc) is 3.12. The summed E-state index contributed by atoms with van der Waals surface area (Å²) >= 11 is 0. The van der Waals surface area contributed by atoms with Crippen molar-refractivity contribution in [2.45, 2.75) is 25.3 Å². The van der Waals surface area contributed by atoms with E-state index in [1.54, 1.807) is 17.2 Å². The molecule has 0 aromatic carbocycles. The number of hydrogen-bond donors (Lipinski definition) is 3. The lowest BCUT2D eigenvalue weighted by Crippen LogP contribution is -2.32. The number of urea groups is 1. The van der Waals surface area contributed by atoms with E-state index in [-0.39, 0.29) is 11.6 Å². The highest BCUT2D eigenvalue weighted by Gasteiger charge is 2.48. The van der Waals surface area contributed by atoms with E-state index in [1.165, 1.54) is 0 Å². The van der Waals surface area contributed by atoms with Crippen LogP contribution >= 0.6 is 0 Å². The number of anilines is 3. The molecule has 1 saturated heterocycles. The third-order valence-corrected chi connectivity index (χ3v) is 5.34. The highest BCUT2D eigenvalue weighted by Crippen LogP contribution is 2.45. The molecular formula is C19H22N8O. The summed E-state index contributed by atoms with van der Waals surface area (Å²) in [6.45, 7) is 3.94. The highest BCUT2D eigenvalue weighted by molar-refractivity contribution is 5.93. The van der Waals surface area contributed by atoms with Crippen LogP contribution in [0.3, 0.4) is 0 Å². The predicted molar refractivity (Wildman–Crippen MR) is 106 cm³/mol. The number of pyridine rings is 1. The van der Waals surface area contributed by atoms with Gasteiger partial charge in [-0.3, -0.25) is 9.88 Å². The number of carbonyl (C=O) groups is 1. The van der Waals surface area contributed by atoms with Gasteiger partial charge in [0.1, 0.15) is 5.82 Å². The highest BCUT2D eigenvalue weighted by atomic mass is 16.2. The third kappa shape index (κ3) is 2.98. The van der Waals surface area contributed by atoms with Crippen molar-refractivity contribution in [1.29, 1.82) is 0 Å². The van der Waals surface area contributed by atoms with Crippen LogP contribution in [0.1, 0.15) is 18.5 Å². The molecule has 9 nitrogen and oxygen atoms in total. The molecule has 2 aromatic rings. The first-order chi connectivity index (χ1) is 13.6. The zero-order chi connectivity index (χ0) is 19.1. The van der Waals surface area contributed by atoms with Gasteiger partial charge in [0.25, 0.3) is 0 Å². The smallest absolute Gasteiger partial charge is 0.323 e. The molecule has 144 valence electrons. The number of aromatic nitrogens is 3. The first kappa shape index (κ1) is 16.8. The van der Waals surface area contributed by atoms with Gasteiger partial charge in [-0.25, -0.2) is 9.78 Å². The van der Waals surface area contributed by atoms with Crippen molar-refractivity contribution in [1.82, 2.24) is 25.6 Å². The van der Waals surface area contributed by atoms with Crippen molar-refractivity contribution in [3.8, 4) is 0 Å². The molecule has 2 aliphatic heterocycles. The Hall–Kier alpha value is -3.36. The maximum atomic E-state index is 11.9. The van der Waals surface area contributed by atoms with Crippen LogP contribution in [-0.2, 0) is 0 Å². The Labute approximate surface area is 162 Å². The summed E-state index contributed by atoms with van der Waals surface area (Å²) in [5.74, 6) is 1.15. The van der Waals surface area contributed by atoms with Gasteiger partial charge in [0.2, 0.25) is 5.95 Å². The van der Waals surface area contributed by atoms with Gasteiger partial charge in [0.05, 0.1) is 29.8 Å². The molecule has 3 aliphatic rings. The normalized spacial score (nSPS) is 19.9. The topological polar surface area (TPSA) is 98.3 Å². The van der Waals surface area contributed by atoms with Gasteiger partial charge in [0.15, 0.2) is 0 Å². The lowest BCUT2D eigenvalue weighted by atomic mass is 10.2. The molecule has 2 amide bonds. The van der Waals surface area contributed by atoms with E-state index in [0.29, 0.717) is 31.5 Å². The van der Waals surface area contributed by atoms with Gasteiger partial charge in [0, 0.05) is 31.2 Å². The maximum Gasteiger partial charge on any atom is 0.323 e. The number of aryl methyl sites for hydroxylation is 1. The standard InChI is InChI=1S/C19H22N8O/c1-13-2-3-14(10-22-13)26-11-15(23-12-26)19(5-6-19)25-17-20-7-4-16(24-17)27-9-8-21-18(27)28/h2-4,7,10-11,23H,5-6,8-9,12H2,1H3,(H,21,28)(H,20,24,25). The molecular weight excluding hydrogens is 356 g/mol. The Bertz CT molecular complexity index is 937. The zero-order valence-corrected chi connectivity index (χ0v) is 15.6. The molecule has 2 aromatic heterocycles. The molecule has 2 fully saturated rings. The van der Waals surface area contributed by atoms with Crippen LogP contribution in [0.2, 0.25) is 0 Å². The lowest BCUT2D eigenvalue weighted by Gasteiger charge is -2.20.